The molecule has 9 atom stereocenters. The Kier molecular flexibility index (Phi) is 4.99. The van der Waals surface area contributed by atoms with Gasteiger partial charge in [0, 0.05) is 5.56 Å². The molecule has 4 aliphatic carbocycles. The fourth-order valence-electron chi connectivity index (χ4n) is 9.97. The van der Waals surface area contributed by atoms with Crippen molar-refractivity contribution in [3.63, 3.8) is 0 Å². The molecule has 4 fully saturated rings. The first-order valence-electron chi connectivity index (χ1n) is 16.1. The second-order valence-corrected chi connectivity index (χ2v) is 13.9. The molecule has 5 amide bonds. The third kappa shape index (κ3) is 3.07. The Balaban J connectivity index is 1.02. The molecule has 0 spiro atoms. The van der Waals surface area contributed by atoms with Gasteiger partial charge < -0.3 is 5.32 Å². The number of amides is 5. The predicted octanol–water partition coefficient (Wildman–Crippen LogP) is 4.34. The van der Waals surface area contributed by atoms with Crippen molar-refractivity contribution >= 4 is 40.9 Å². The lowest BCUT2D eigenvalue weighted by molar-refractivity contribution is -0.124. The zero-order valence-electron chi connectivity index (χ0n) is 24.7. The average molecular weight is 608 g/mol. The molecule has 4 bridgehead atoms. The first-order valence-corrected chi connectivity index (χ1v) is 16.1. The summed E-state index contributed by atoms with van der Waals surface area (Å²) in [5.74, 6) is -1.38. The van der Waals surface area contributed by atoms with Crippen molar-refractivity contribution in [3.05, 3.63) is 119 Å². The maximum absolute atomic E-state index is 13.5. The van der Waals surface area contributed by atoms with Gasteiger partial charge in [-0.1, -0.05) is 66.8 Å². The van der Waals surface area contributed by atoms with Gasteiger partial charge in [-0.05, 0) is 83.5 Å². The Hall–Kier alpha value is -5.11. The van der Waals surface area contributed by atoms with Crippen LogP contribution in [0.25, 0.3) is 0 Å². The Morgan fingerprint density at radius 3 is 1.33 bits per heavy atom. The van der Waals surface area contributed by atoms with Gasteiger partial charge in [0.25, 0.3) is 5.91 Å². The molecule has 3 aromatic carbocycles. The number of imide groups is 2. The van der Waals surface area contributed by atoms with E-state index in [0.29, 0.717) is 16.9 Å². The summed E-state index contributed by atoms with van der Waals surface area (Å²) >= 11 is 0. The molecule has 0 aromatic heterocycles. The zero-order chi connectivity index (χ0) is 31.1. The van der Waals surface area contributed by atoms with Crippen molar-refractivity contribution in [3.8, 4) is 0 Å². The lowest BCUT2D eigenvalue weighted by Gasteiger charge is -2.33. The molecule has 1 N–H and O–H groups in total. The van der Waals surface area contributed by atoms with Gasteiger partial charge in [0.1, 0.15) is 5.54 Å². The summed E-state index contributed by atoms with van der Waals surface area (Å²) in [5.41, 5.74) is 2.82. The number of carbonyl (C=O) groups excluding carboxylic acids is 5. The van der Waals surface area contributed by atoms with Gasteiger partial charge in [0.2, 0.25) is 23.6 Å². The Morgan fingerprint density at radius 1 is 0.522 bits per heavy atom. The minimum atomic E-state index is -1.07. The molecule has 1 unspecified atom stereocenters. The maximum atomic E-state index is 13.5. The molecular weight excluding hydrogens is 578 g/mol. The van der Waals surface area contributed by atoms with E-state index in [9.17, 15) is 24.0 Å². The molecule has 8 nitrogen and oxygen atoms in total. The molecule has 2 saturated carbocycles. The third-order valence-corrected chi connectivity index (χ3v) is 11.9. The standard InChI is InChI=1S/C38H29N3O5/c42-33-27-3-1-2-4-28(27)38(39-33,23-9-13-25(14-10-23)40-34(43)29-19-5-6-20(17-19)30(29)35(40)44)24-11-15-26(16-12-24)41-36(45)31-21-7-8-22(18-21)32(31)37(41)46/h1-16,19-22,29-32H,17-18H2,(H,39,42)/t19-,20-,21-,22-,29-,30-,31-,32+,38?/m0/s1. The van der Waals surface area contributed by atoms with Crippen molar-refractivity contribution < 1.29 is 24.0 Å². The van der Waals surface area contributed by atoms with Crippen LogP contribution in [0.15, 0.2) is 97.1 Å². The van der Waals surface area contributed by atoms with Gasteiger partial charge in [-0.2, -0.15) is 0 Å². The topological polar surface area (TPSA) is 104 Å². The van der Waals surface area contributed by atoms with E-state index in [1.807, 2.05) is 42.5 Å². The van der Waals surface area contributed by atoms with Crippen molar-refractivity contribution in [1.29, 1.82) is 0 Å². The van der Waals surface area contributed by atoms with E-state index in [1.54, 1.807) is 30.3 Å². The van der Waals surface area contributed by atoms with Crippen LogP contribution in [0.1, 0.15) is 39.9 Å². The van der Waals surface area contributed by atoms with Crippen LogP contribution in [-0.2, 0) is 24.7 Å². The van der Waals surface area contributed by atoms with E-state index in [-0.39, 0.29) is 76.9 Å². The number of nitrogens with one attached hydrogen (secondary N) is 1. The molecule has 226 valence electrons. The van der Waals surface area contributed by atoms with Crippen LogP contribution in [0.4, 0.5) is 11.4 Å². The Bertz CT molecular complexity index is 1820. The summed E-state index contributed by atoms with van der Waals surface area (Å²) in [6.45, 7) is 0. The van der Waals surface area contributed by atoms with Gasteiger partial charge >= 0.3 is 0 Å². The molecule has 3 aromatic rings. The van der Waals surface area contributed by atoms with Crippen LogP contribution in [0.2, 0.25) is 0 Å². The zero-order valence-corrected chi connectivity index (χ0v) is 24.7. The van der Waals surface area contributed by atoms with E-state index < -0.39 is 5.54 Å². The van der Waals surface area contributed by atoms with Crippen molar-refractivity contribution in [1.82, 2.24) is 5.32 Å². The Morgan fingerprint density at radius 2 is 0.913 bits per heavy atom. The highest BCUT2D eigenvalue weighted by Gasteiger charge is 2.61. The molecule has 10 rings (SSSR count). The molecule has 46 heavy (non-hydrogen) atoms. The number of fused-ring (bicyclic) bond motifs is 11. The largest absolute Gasteiger partial charge is 0.334 e. The molecular formula is C38H29N3O5. The van der Waals surface area contributed by atoms with Gasteiger partial charge in [-0.15, -0.1) is 0 Å². The third-order valence-electron chi connectivity index (χ3n) is 11.9. The van der Waals surface area contributed by atoms with Crippen molar-refractivity contribution in [2.24, 2.45) is 47.3 Å². The summed E-state index contributed by atoms with van der Waals surface area (Å²) < 4.78 is 0. The maximum Gasteiger partial charge on any atom is 0.252 e. The van der Waals surface area contributed by atoms with Crippen LogP contribution in [0.3, 0.4) is 0 Å². The van der Waals surface area contributed by atoms with Crippen LogP contribution >= 0.6 is 0 Å². The minimum Gasteiger partial charge on any atom is -0.334 e. The fourth-order valence-corrected chi connectivity index (χ4v) is 9.97. The lowest BCUT2D eigenvalue weighted by atomic mass is 9.78. The minimum absolute atomic E-state index is 0.129. The summed E-state index contributed by atoms with van der Waals surface area (Å²) in [4.78, 5) is 70.0. The number of anilines is 2. The SMILES string of the molecule is O=C1NC(c2ccc(N3C(=O)[C@@H]4[C@@H](C3=O)[C@H]3C=C[C@H]4C3)cc2)(c2ccc(N3C(=O)[C@@H]4[C@H](C3=O)[C@H]3C=C[C@H]4C3)cc2)c2ccccc21. The predicted molar refractivity (Wildman–Crippen MR) is 167 cm³/mol. The monoisotopic (exact) mass is 607 g/mol. The second kappa shape index (κ2) is 8.78. The van der Waals surface area contributed by atoms with Crippen LogP contribution < -0.4 is 15.1 Å². The highest BCUT2D eigenvalue weighted by molar-refractivity contribution is 6.23. The van der Waals surface area contributed by atoms with Gasteiger partial charge in [-0.25, -0.2) is 0 Å². The second-order valence-electron chi connectivity index (χ2n) is 13.9. The number of hydrogen-bond donors (Lipinski definition) is 1. The first kappa shape index (κ1) is 26.1. The summed E-state index contributed by atoms with van der Waals surface area (Å²) in [6, 6.07) is 22.0. The van der Waals surface area contributed by atoms with Gasteiger partial charge in [-0.3, -0.25) is 33.8 Å². The number of carbonyl (C=O) groups is 5. The van der Waals surface area contributed by atoms with E-state index in [0.717, 1.165) is 29.5 Å². The van der Waals surface area contributed by atoms with Gasteiger partial charge in [0.15, 0.2) is 0 Å². The molecule has 3 aliphatic heterocycles. The van der Waals surface area contributed by atoms with E-state index in [1.165, 1.54) is 9.80 Å². The quantitative estimate of drug-likeness (QED) is 0.351. The fraction of sp³-hybridized carbons (Fsp3) is 0.289. The molecule has 3 heterocycles. The number of benzene rings is 3. The summed E-state index contributed by atoms with van der Waals surface area (Å²) in [7, 11) is 0. The van der Waals surface area contributed by atoms with Crippen LogP contribution in [0, 0.1) is 47.3 Å². The van der Waals surface area contributed by atoms with Crippen LogP contribution in [-0.4, -0.2) is 29.5 Å². The number of nitrogens with zero attached hydrogens (tertiary/aromatic N) is 2. The van der Waals surface area contributed by atoms with E-state index in [2.05, 4.69) is 29.6 Å². The molecule has 0 radical (unpaired) electrons. The summed E-state index contributed by atoms with van der Waals surface area (Å²) in [5, 5.41) is 3.23. The lowest BCUT2D eigenvalue weighted by Crippen LogP contribution is -2.41. The van der Waals surface area contributed by atoms with E-state index >= 15 is 0 Å². The average Bonchev–Trinajstić information content (AvgIpc) is 3.94. The normalized spacial score (nSPS) is 33.8. The molecule has 8 heteroatoms. The van der Waals surface area contributed by atoms with Gasteiger partial charge in [0.05, 0.1) is 35.0 Å². The van der Waals surface area contributed by atoms with E-state index in [4.69, 9.17) is 0 Å². The number of rotatable bonds is 4. The number of allylic oxidation sites excluding steroid dienone is 4. The number of hydrogen-bond acceptors (Lipinski definition) is 5. The van der Waals surface area contributed by atoms with Crippen LogP contribution in [0.5, 0.6) is 0 Å². The smallest absolute Gasteiger partial charge is 0.252 e. The van der Waals surface area contributed by atoms with Crippen molar-refractivity contribution in [2.75, 3.05) is 9.80 Å². The first-order chi connectivity index (χ1) is 22.4. The Labute approximate surface area is 264 Å². The summed E-state index contributed by atoms with van der Waals surface area (Å²) in [6.07, 6.45) is 10.1. The highest BCUT2D eigenvalue weighted by atomic mass is 16.2. The molecule has 2 saturated heterocycles. The van der Waals surface area contributed by atoms with Crippen molar-refractivity contribution in [2.45, 2.75) is 18.4 Å². The molecule has 7 aliphatic rings. The highest BCUT2D eigenvalue weighted by Crippen LogP contribution is 2.55.